The molecule has 1 N–H and O–H groups in total. The number of hydrogen-bond acceptors (Lipinski definition) is 2. The minimum absolute atomic E-state index is 0.0301. The predicted octanol–water partition coefficient (Wildman–Crippen LogP) is 1.95. The monoisotopic (exact) mass is 231 g/mol. The molecular weight excluding hydrogens is 214 g/mol. The smallest absolute Gasteiger partial charge is 0.240 e. The highest BCUT2D eigenvalue weighted by atomic mass is 16.2. The van der Waals surface area contributed by atoms with Crippen LogP contribution in [0.5, 0.6) is 0 Å². The zero-order valence-electron chi connectivity index (χ0n) is 10.2. The lowest BCUT2D eigenvalue weighted by Crippen LogP contribution is -2.34. The molecule has 1 heterocycles. The number of rotatable bonds is 4. The quantitative estimate of drug-likeness (QED) is 0.874. The molecule has 4 nitrogen and oxygen atoms in total. The lowest BCUT2D eigenvalue weighted by atomic mass is 10.2. The number of nitrogens with zero attached hydrogens (tertiary/aromatic N) is 2. The van der Waals surface area contributed by atoms with E-state index in [1.807, 2.05) is 35.8 Å². The van der Waals surface area contributed by atoms with Gasteiger partial charge in [-0.3, -0.25) is 4.79 Å². The Morgan fingerprint density at radius 1 is 1.47 bits per heavy atom. The Labute approximate surface area is 101 Å². The van der Waals surface area contributed by atoms with Crippen LogP contribution in [0.3, 0.4) is 0 Å². The fourth-order valence-electron chi connectivity index (χ4n) is 1.71. The number of amides is 1. The van der Waals surface area contributed by atoms with Crippen LogP contribution in [0.1, 0.15) is 20.3 Å². The molecule has 0 aliphatic carbocycles. The molecule has 1 aromatic carbocycles. The highest BCUT2D eigenvalue weighted by Crippen LogP contribution is 2.11. The van der Waals surface area contributed by atoms with Gasteiger partial charge in [0, 0.05) is 6.04 Å². The van der Waals surface area contributed by atoms with Gasteiger partial charge in [-0.25, -0.2) is 4.98 Å². The largest absolute Gasteiger partial charge is 0.352 e. The summed E-state index contributed by atoms with van der Waals surface area (Å²) < 4.78 is 1.87. The van der Waals surface area contributed by atoms with E-state index in [9.17, 15) is 4.79 Å². The number of hydrogen-bond donors (Lipinski definition) is 1. The minimum Gasteiger partial charge on any atom is -0.352 e. The lowest BCUT2D eigenvalue weighted by molar-refractivity contribution is -0.122. The number of carbonyl (C=O) groups is 1. The molecule has 1 aromatic heterocycles. The Morgan fingerprint density at radius 2 is 2.24 bits per heavy atom. The summed E-state index contributed by atoms with van der Waals surface area (Å²) in [6.07, 6.45) is 2.65. The second-order valence-electron chi connectivity index (χ2n) is 4.24. The third-order valence-electron chi connectivity index (χ3n) is 2.86. The number of nitrogens with one attached hydrogen (secondary N) is 1. The number of imidazole rings is 1. The molecule has 2 aromatic rings. The van der Waals surface area contributed by atoms with Gasteiger partial charge in [-0.2, -0.15) is 0 Å². The van der Waals surface area contributed by atoms with Crippen LogP contribution < -0.4 is 5.32 Å². The van der Waals surface area contributed by atoms with Gasteiger partial charge in [0.25, 0.3) is 0 Å². The Bertz CT molecular complexity index is 518. The summed E-state index contributed by atoms with van der Waals surface area (Å²) in [6.45, 7) is 4.38. The van der Waals surface area contributed by atoms with Crippen LogP contribution in [-0.4, -0.2) is 21.5 Å². The maximum absolute atomic E-state index is 11.8. The molecule has 0 fully saturated rings. The highest BCUT2D eigenvalue weighted by Gasteiger charge is 2.08. The van der Waals surface area contributed by atoms with E-state index in [4.69, 9.17) is 0 Å². The van der Waals surface area contributed by atoms with Crippen molar-refractivity contribution in [2.45, 2.75) is 32.9 Å². The Morgan fingerprint density at radius 3 is 3.00 bits per heavy atom. The number of fused-ring (bicyclic) bond motifs is 1. The van der Waals surface area contributed by atoms with Crippen molar-refractivity contribution in [1.82, 2.24) is 14.9 Å². The van der Waals surface area contributed by atoms with Crippen molar-refractivity contribution in [3.05, 3.63) is 30.6 Å². The lowest BCUT2D eigenvalue weighted by Gasteiger charge is -2.11. The number of benzene rings is 1. The average Bonchev–Trinajstić information content (AvgIpc) is 2.72. The minimum atomic E-state index is 0.0301. The molecule has 1 atom stereocenters. The van der Waals surface area contributed by atoms with Gasteiger partial charge >= 0.3 is 0 Å². The van der Waals surface area contributed by atoms with Crippen molar-refractivity contribution in [1.29, 1.82) is 0 Å². The highest BCUT2D eigenvalue weighted by molar-refractivity contribution is 5.80. The summed E-state index contributed by atoms with van der Waals surface area (Å²) in [7, 11) is 0. The fourth-order valence-corrected chi connectivity index (χ4v) is 1.71. The number of carbonyl (C=O) groups excluding carboxylic acids is 1. The third kappa shape index (κ3) is 2.64. The molecule has 1 unspecified atom stereocenters. The first kappa shape index (κ1) is 11.6. The maximum Gasteiger partial charge on any atom is 0.240 e. The van der Waals surface area contributed by atoms with E-state index in [0.717, 1.165) is 17.5 Å². The topological polar surface area (TPSA) is 46.9 Å². The first-order valence-corrected chi connectivity index (χ1v) is 5.90. The van der Waals surface area contributed by atoms with E-state index in [0.29, 0.717) is 6.54 Å². The summed E-state index contributed by atoms with van der Waals surface area (Å²) >= 11 is 0. The molecule has 0 aliphatic heterocycles. The summed E-state index contributed by atoms with van der Waals surface area (Å²) in [6, 6.07) is 8.03. The molecule has 0 saturated heterocycles. The van der Waals surface area contributed by atoms with Gasteiger partial charge in [-0.15, -0.1) is 0 Å². The molecule has 0 bridgehead atoms. The van der Waals surface area contributed by atoms with Crippen LogP contribution in [0.2, 0.25) is 0 Å². The van der Waals surface area contributed by atoms with Gasteiger partial charge in [0.1, 0.15) is 6.54 Å². The average molecular weight is 231 g/mol. The van der Waals surface area contributed by atoms with Gasteiger partial charge < -0.3 is 9.88 Å². The van der Waals surface area contributed by atoms with Crippen molar-refractivity contribution in [2.75, 3.05) is 0 Å². The van der Waals surface area contributed by atoms with Gasteiger partial charge in [-0.1, -0.05) is 19.1 Å². The van der Waals surface area contributed by atoms with E-state index in [1.54, 1.807) is 6.33 Å². The summed E-state index contributed by atoms with van der Waals surface area (Å²) in [5.41, 5.74) is 1.91. The van der Waals surface area contributed by atoms with E-state index in [2.05, 4.69) is 17.2 Å². The molecule has 17 heavy (non-hydrogen) atoms. The van der Waals surface area contributed by atoms with Crippen molar-refractivity contribution in [2.24, 2.45) is 0 Å². The molecule has 4 heteroatoms. The summed E-state index contributed by atoms with van der Waals surface area (Å²) in [5, 5.41) is 2.94. The van der Waals surface area contributed by atoms with E-state index in [-0.39, 0.29) is 11.9 Å². The standard InChI is InChI=1S/C13H17N3O/c1-3-10(2)15-13(17)8-16-9-14-11-6-4-5-7-12(11)16/h4-7,9-10H,3,8H2,1-2H3,(H,15,17). The van der Waals surface area contributed by atoms with Crippen LogP contribution in [0, 0.1) is 0 Å². The summed E-state index contributed by atoms with van der Waals surface area (Å²) in [5.74, 6) is 0.0301. The van der Waals surface area contributed by atoms with Gasteiger partial charge in [0.05, 0.1) is 17.4 Å². The zero-order chi connectivity index (χ0) is 12.3. The molecule has 1 amide bonds. The van der Waals surface area contributed by atoms with Crippen LogP contribution in [0.4, 0.5) is 0 Å². The number of aromatic nitrogens is 2. The van der Waals surface area contributed by atoms with Crippen LogP contribution >= 0.6 is 0 Å². The molecular formula is C13H17N3O. The molecule has 2 rings (SSSR count). The second-order valence-corrected chi connectivity index (χ2v) is 4.24. The predicted molar refractivity (Wildman–Crippen MR) is 67.6 cm³/mol. The first-order chi connectivity index (χ1) is 8.20. The van der Waals surface area contributed by atoms with Crippen LogP contribution in [0.25, 0.3) is 11.0 Å². The molecule has 0 aliphatic rings. The van der Waals surface area contributed by atoms with Crippen LogP contribution in [0.15, 0.2) is 30.6 Å². The van der Waals surface area contributed by atoms with Crippen molar-refractivity contribution >= 4 is 16.9 Å². The van der Waals surface area contributed by atoms with Crippen molar-refractivity contribution in [3.63, 3.8) is 0 Å². The van der Waals surface area contributed by atoms with E-state index >= 15 is 0 Å². The normalized spacial score (nSPS) is 12.6. The van der Waals surface area contributed by atoms with Gasteiger partial charge in [0.2, 0.25) is 5.91 Å². The molecule has 0 saturated carbocycles. The second kappa shape index (κ2) is 4.99. The Balaban J connectivity index is 2.11. The SMILES string of the molecule is CCC(C)NC(=O)Cn1cnc2ccccc21. The number of para-hydroxylation sites is 2. The zero-order valence-corrected chi connectivity index (χ0v) is 10.2. The van der Waals surface area contributed by atoms with E-state index in [1.165, 1.54) is 0 Å². The molecule has 90 valence electrons. The summed E-state index contributed by atoms with van der Waals surface area (Å²) in [4.78, 5) is 16.0. The maximum atomic E-state index is 11.8. The fraction of sp³-hybridized carbons (Fsp3) is 0.385. The molecule has 0 radical (unpaired) electrons. The third-order valence-corrected chi connectivity index (χ3v) is 2.86. The van der Waals surface area contributed by atoms with Crippen LogP contribution in [-0.2, 0) is 11.3 Å². The first-order valence-electron chi connectivity index (χ1n) is 5.90. The molecule has 0 spiro atoms. The Hall–Kier alpha value is -1.84. The van der Waals surface area contributed by atoms with Gasteiger partial charge in [-0.05, 0) is 25.5 Å². The van der Waals surface area contributed by atoms with Crippen molar-refractivity contribution < 1.29 is 4.79 Å². The van der Waals surface area contributed by atoms with Gasteiger partial charge in [0.15, 0.2) is 0 Å². The van der Waals surface area contributed by atoms with Crippen molar-refractivity contribution in [3.8, 4) is 0 Å². The van der Waals surface area contributed by atoms with E-state index < -0.39 is 0 Å². The Kier molecular flexibility index (Phi) is 3.42.